The molecule has 0 radical (unpaired) electrons. The van der Waals surface area contributed by atoms with Gasteiger partial charge in [0.15, 0.2) is 5.78 Å². The maximum Gasteiger partial charge on any atom is 0.387 e. The van der Waals surface area contributed by atoms with Crippen molar-refractivity contribution < 1.29 is 18.3 Å². The first-order valence-electron chi connectivity index (χ1n) is 4.46. The lowest BCUT2D eigenvalue weighted by atomic mass is 10.0. The number of alkyl halides is 2. The maximum absolute atomic E-state index is 12.1. The molecule has 0 aliphatic heterocycles. The van der Waals surface area contributed by atoms with Gasteiger partial charge in [0, 0.05) is 11.1 Å². The van der Waals surface area contributed by atoms with E-state index >= 15 is 0 Å². The zero-order valence-electron chi connectivity index (χ0n) is 8.75. The second-order valence-corrected chi connectivity index (χ2v) is 3.19. The van der Waals surface area contributed by atoms with E-state index in [1.54, 1.807) is 0 Å². The zero-order chi connectivity index (χ0) is 12.3. The van der Waals surface area contributed by atoms with Gasteiger partial charge in [-0.1, -0.05) is 0 Å². The molecular formula is C11H9F2NO2. The Bertz CT molecular complexity index is 464. The van der Waals surface area contributed by atoms with Crippen LogP contribution in [-0.2, 0) is 0 Å². The summed E-state index contributed by atoms with van der Waals surface area (Å²) in [6, 6.07) is 4.40. The molecule has 1 aromatic rings. The lowest BCUT2D eigenvalue weighted by Crippen LogP contribution is -2.06. The number of halogens is 2. The van der Waals surface area contributed by atoms with Gasteiger partial charge in [-0.25, -0.2) is 0 Å². The van der Waals surface area contributed by atoms with Gasteiger partial charge in [0.1, 0.15) is 5.75 Å². The van der Waals surface area contributed by atoms with E-state index in [4.69, 9.17) is 5.26 Å². The Morgan fingerprint density at radius 2 is 2.12 bits per heavy atom. The van der Waals surface area contributed by atoms with E-state index < -0.39 is 6.61 Å². The van der Waals surface area contributed by atoms with E-state index in [9.17, 15) is 13.6 Å². The number of hydrogen-bond donors (Lipinski definition) is 0. The number of Topliss-reactive ketones (excluding diaryl/α,β-unsaturated/α-hetero) is 1. The van der Waals surface area contributed by atoms with Gasteiger partial charge in [-0.15, -0.1) is 0 Å². The highest BCUT2D eigenvalue weighted by Gasteiger charge is 2.13. The van der Waals surface area contributed by atoms with Crippen molar-refractivity contribution in [2.45, 2.75) is 20.5 Å². The van der Waals surface area contributed by atoms with Crippen molar-refractivity contribution in [2.75, 3.05) is 0 Å². The smallest absolute Gasteiger partial charge is 0.387 e. The number of nitriles is 1. The Balaban J connectivity index is 3.31. The third-order valence-electron chi connectivity index (χ3n) is 2.10. The molecule has 0 N–H and O–H groups in total. The summed E-state index contributed by atoms with van der Waals surface area (Å²) in [4.78, 5) is 11.1. The minimum atomic E-state index is -2.98. The molecule has 3 nitrogen and oxygen atoms in total. The number of rotatable bonds is 3. The fraction of sp³-hybridized carbons (Fsp3) is 0.273. The van der Waals surface area contributed by atoms with E-state index in [0.717, 1.165) is 0 Å². The van der Waals surface area contributed by atoms with Crippen LogP contribution in [-0.4, -0.2) is 12.4 Å². The van der Waals surface area contributed by atoms with Gasteiger partial charge in [0.05, 0.1) is 11.6 Å². The largest absolute Gasteiger partial charge is 0.434 e. The van der Waals surface area contributed by atoms with Gasteiger partial charge in [0.25, 0.3) is 0 Å². The van der Waals surface area contributed by atoms with Crippen molar-refractivity contribution in [2.24, 2.45) is 0 Å². The van der Waals surface area contributed by atoms with Crippen LogP contribution in [0.5, 0.6) is 5.75 Å². The normalized spacial score (nSPS) is 10.0. The molecule has 0 aromatic heterocycles. The van der Waals surface area contributed by atoms with Crippen molar-refractivity contribution in [3.05, 3.63) is 28.8 Å². The van der Waals surface area contributed by atoms with Crippen LogP contribution in [0, 0.1) is 18.3 Å². The van der Waals surface area contributed by atoms with Gasteiger partial charge in [-0.3, -0.25) is 4.79 Å². The summed E-state index contributed by atoms with van der Waals surface area (Å²) < 4.78 is 28.4. The molecule has 0 heterocycles. The second kappa shape index (κ2) is 4.71. The minimum Gasteiger partial charge on any atom is -0.434 e. The summed E-state index contributed by atoms with van der Waals surface area (Å²) in [5, 5.41) is 8.78. The van der Waals surface area contributed by atoms with Gasteiger partial charge in [-0.05, 0) is 26.0 Å². The quantitative estimate of drug-likeness (QED) is 0.743. The molecule has 0 aliphatic carbocycles. The van der Waals surface area contributed by atoms with Crippen LogP contribution in [0.1, 0.15) is 28.4 Å². The number of ketones is 1. The molecule has 0 fully saturated rings. The molecular weight excluding hydrogens is 216 g/mol. The molecule has 1 aromatic carbocycles. The molecule has 1 rings (SSSR count). The Morgan fingerprint density at radius 1 is 1.50 bits per heavy atom. The number of nitrogens with zero attached hydrogens (tertiary/aromatic N) is 1. The van der Waals surface area contributed by atoms with Crippen LogP contribution < -0.4 is 4.74 Å². The second-order valence-electron chi connectivity index (χ2n) is 3.19. The highest BCUT2D eigenvalue weighted by molar-refractivity contribution is 5.95. The van der Waals surface area contributed by atoms with Crippen molar-refractivity contribution in [3.8, 4) is 11.8 Å². The highest BCUT2D eigenvalue weighted by atomic mass is 19.3. The zero-order valence-corrected chi connectivity index (χ0v) is 8.75. The molecule has 0 amide bonds. The van der Waals surface area contributed by atoms with Gasteiger partial charge < -0.3 is 4.74 Å². The number of carbonyl (C=O) groups is 1. The number of hydrogen-bond acceptors (Lipinski definition) is 3. The van der Waals surface area contributed by atoms with Crippen molar-refractivity contribution in [1.29, 1.82) is 5.26 Å². The first-order valence-corrected chi connectivity index (χ1v) is 4.46. The van der Waals surface area contributed by atoms with Crippen LogP contribution in [0.15, 0.2) is 12.1 Å². The maximum atomic E-state index is 12.1. The number of carbonyl (C=O) groups excluding carboxylic acids is 1. The Hall–Kier alpha value is -1.96. The van der Waals surface area contributed by atoms with Crippen molar-refractivity contribution in [1.82, 2.24) is 0 Å². The van der Waals surface area contributed by atoms with Crippen molar-refractivity contribution >= 4 is 5.78 Å². The Labute approximate surface area is 91.3 Å². The standard InChI is InChI=1S/C11H9F2NO2/c1-6-9(5-14)3-8(7(2)15)4-10(6)16-11(12)13/h3-4,11H,1-2H3. The molecule has 0 aliphatic rings. The Morgan fingerprint density at radius 3 is 2.56 bits per heavy atom. The molecule has 16 heavy (non-hydrogen) atoms. The number of benzene rings is 1. The van der Waals surface area contributed by atoms with Crippen LogP contribution in [0.4, 0.5) is 8.78 Å². The first-order chi connectivity index (χ1) is 7.45. The lowest BCUT2D eigenvalue weighted by molar-refractivity contribution is -0.0503. The average molecular weight is 225 g/mol. The predicted molar refractivity (Wildman–Crippen MR) is 52.5 cm³/mol. The fourth-order valence-corrected chi connectivity index (χ4v) is 1.23. The molecule has 0 unspecified atom stereocenters. The Kier molecular flexibility index (Phi) is 3.56. The van der Waals surface area contributed by atoms with Crippen LogP contribution in [0.25, 0.3) is 0 Å². The molecule has 0 saturated carbocycles. The van der Waals surface area contributed by atoms with E-state index in [0.29, 0.717) is 5.56 Å². The SMILES string of the molecule is CC(=O)c1cc(C#N)c(C)c(OC(F)F)c1. The third-order valence-corrected chi connectivity index (χ3v) is 2.10. The number of ether oxygens (including phenoxy) is 1. The van der Waals surface area contributed by atoms with E-state index in [2.05, 4.69) is 4.74 Å². The molecule has 5 heteroatoms. The van der Waals surface area contributed by atoms with Crippen LogP contribution >= 0.6 is 0 Å². The van der Waals surface area contributed by atoms with Crippen LogP contribution in [0.3, 0.4) is 0 Å². The van der Waals surface area contributed by atoms with E-state index in [1.165, 1.54) is 26.0 Å². The molecule has 0 bridgehead atoms. The summed E-state index contributed by atoms with van der Waals surface area (Å²) in [6.07, 6.45) is 0. The summed E-state index contributed by atoms with van der Waals surface area (Å²) in [5.74, 6) is -0.449. The topological polar surface area (TPSA) is 50.1 Å². The van der Waals surface area contributed by atoms with E-state index in [1.807, 2.05) is 6.07 Å². The van der Waals surface area contributed by atoms with Crippen molar-refractivity contribution in [3.63, 3.8) is 0 Å². The summed E-state index contributed by atoms with van der Waals surface area (Å²) in [7, 11) is 0. The monoisotopic (exact) mass is 225 g/mol. The predicted octanol–water partition coefficient (Wildman–Crippen LogP) is 2.67. The fourth-order valence-electron chi connectivity index (χ4n) is 1.23. The summed E-state index contributed by atoms with van der Waals surface area (Å²) in [6.45, 7) is -0.203. The van der Waals surface area contributed by atoms with Gasteiger partial charge in [0.2, 0.25) is 0 Å². The summed E-state index contributed by atoms with van der Waals surface area (Å²) in [5.41, 5.74) is 0.633. The first kappa shape index (κ1) is 12.1. The van der Waals surface area contributed by atoms with E-state index in [-0.39, 0.29) is 22.7 Å². The molecule has 84 valence electrons. The lowest BCUT2D eigenvalue weighted by Gasteiger charge is -2.10. The molecule has 0 spiro atoms. The van der Waals surface area contributed by atoms with Gasteiger partial charge >= 0.3 is 6.61 Å². The molecule has 0 saturated heterocycles. The van der Waals surface area contributed by atoms with Crippen LogP contribution in [0.2, 0.25) is 0 Å². The molecule has 0 atom stereocenters. The average Bonchev–Trinajstić information content (AvgIpc) is 2.20. The third kappa shape index (κ3) is 2.54. The summed E-state index contributed by atoms with van der Waals surface area (Å²) >= 11 is 0. The highest BCUT2D eigenvalue weighted by Crippen LogP contribution is 2.25. The van der Waals surface area contributed by atoms with Gasteiger partial charge in [-0.2, -0.15) is 14.0 Å². The minimum absolute atomic E-state index is 0.140.